The first-order valence-corrected chi connectivity index (χ1v) is 5.26. The quantitative estimate of drug-likeness (QED) is 0.864. The highest BCUT2D eigenvalue weighted by Crippen LogP contribution is 2.12. The molecule has 1 heterocycles. The molecule has 0 fully saturated rings. The van der Waals surface area contributed by atoms with Gasteiger partial charge in [-0.1, -0.05) is 0 Å². The van der Waals surface area contributed by atoms with E-state index in [0.717, 1.165) is 4.90 Å². The van der Waals surface area contributed by atoms with Crippen LogP contribution in [0, 0.1) is 0 Å². The van der Waals surface area contributed by atoms with E-state index in [-0.39, 0.29) is 12.5 Å². The second-order valence-electron chi connectivity index (χ2n) is 3.81. The molecule has 0 bridgehead atoms. The highest BCUT2D eigenvalue weighted by Gasteiger charge is 2.14. The van der Waals surface area contributed by atoms with Crippen molar-refractivity contribution in [2.75, 3.05) is 13.6 Å². The Morgan fingerprint density at radius 2 is 1.89 bits per heavy atom. The van der Waals surface area contributed by atoms with Gasteiger partial charge in [0.1, 0.15) is 6.54 Å². The Morgan fingerprint density at radius 3 is 2.56 bits per heavy atom. The number of aromatic nitrogens is 2. The van der Waals surface area contributed by atoms with Gasteiger partial charge in [-0.2, -0.15) is 0 Å². The molecule has 0 aliphatic rings. The summed E-state index contributed by atoms with van der Waals surface area (Å²) in [5, 5.41) is 8.64. The van der Waals surface area contributed by atoms with Crippen LogP contribution in [0.4, 0.5) is 0 Å². The zero-order chi connectivity index (χ0) is 13.1. The van der Waals surface area contributed by atoms with Crippen molar-refractivity contribution in [1.29, 1.82) is 0 Å². The number of nitrogens with zero attached hydrogens (tertiary/aromatic N) is 3. The van der Waals surface area contributed by atoms with E-state index in [9.17, 15) is 9.59 Å². The summed E-state index contributed by atoms with van der Waals surface area (Å²) in [7, 11) is 1.44. The van der Waals surface area contributed by atoms with Gasteiger partial charge >= 0.3 is 5.97 Å². The standard InChI is InChI=1S/C12H11N3O3/c1-15(7-11(16)17)12(18)8-2-3-9-10(6-8)14-5-4-13-9/h2-6H,7H2,1H3,(H,16,17). The fraction of sp³-hybridized carbons (Fsp3) is 0.167. The molecule has 0 saturated carbocycles. The minimum Gasteiger partial charge on any atom is -0.480 e. The number of carboxylic acids is 1. The van der Waals surface area contributed by atoms with Crippen molar-refractivity contribution in [3.05, 3.63) is 36.2 Å². The molecule has 1 amide bonds. The fourth-order valence-electron chi connectivity index (χ4n) is 1.59. The number of likely N-dealkylation sites (N-methyl/N-ethyl adjacent to an activating group) is 1. The summed E-state index contributed by atoms with van der Waals surface area (Å²) in [6, 6.07) is 4.89. The van der Waals surface area contributed by atoms with E-state index in [1.54, 1.807) is 24.4 Å². The normalized spacial score (nSPS) is 10.3. The minimum atomic E-state index is -1.05. The predicted molar refractivity (Wildman–Crippen MR) is 64.1 cm³/mol. The minimum absolute atomic E-state index is 0.336. The molecule has 2 aromatic rings. The van der Waals surface area contributed by atoms with Gasteiger partial charge in [-0.25, -0.2) is 0 Å². The van der Waals surface area contributed by atoms with Gasteiger partial charge in [-0.3, -0.25) is 19.6 Å². The SMILES string of the molecule is CN(CC(=O)O)C(=O)c1ccc2nccnc2c1. The summed E-state index contributed by atoms with van der Waals surface area (Å²) in [6.45, 7) is -0.336. The molecule has 18 heavy (non-hydrogen) atoms. The fourth-order valence-corrected chi connectivity index (χ4v) is 1.59. The summed E-state index contributed by atoms with van der Waals surface area (Å²) < 4.78 is 0. The predicted octanol–water partition coefficient (Wildman–Crippen LogP) is 0.786. The van der Waals surface area contributed by atoms with Crippen LogP contribution in [-0.4, -0.2) is 45.4 Å². The molecule has 0 unspecified atom stereocenters. The Kier molecular flexibility index (Phi) is 3.18. The first-order valence-electron chi connectivity index (χ1n) is 5.26. The lowest BCUT2D eigenvalue weighted by atomic mass is 10.1. The van der Waals surface area contributed by atoms with Crippen molar-refractivity contribution < 1.29 is 14.7 Å². The average Bonchev–Trinajstić information content (AvgIpc) is 2.36. The number of carbonyl (C=O) groups excluding carboxylic acids is 1. The number of fused-ring (bicyclic) bond motifs is 1. The van der Waals surface area contributed by atoms with E-state index in [1.807, 2.05) is 0 Å². The van der Waals surface area contributed by atoms with Crippen LogP contribution in [0.25, 0.3) is 11.0 Å². The van der Waals surface area contributed by atoms with Crippen LogP contribution < -0.4 is 0 Å². The van der Waals surface area contributed by atoms with Gasteiger partial charge in [0.25, 0.3) is 5.91 Å². The lowest BCUT2D eigenvalue weighted by molar-refractivity contribution is -0.137. The number of carbonyl (C=O) groups is 2. The van der Waals surface area contributed by atoms with Gasteiger partial charge in [0, 0.05) is 25.0 Å². The third kappa shape index (κ3) is 2.42. The number of rotatable bonds is 3. The lowest BCUT2D eigenvalue weighted by Gasteiger charge is -2.14. The number of aliphatic carboxylic acids is 1. The molecule has 0 aliphatic carbocycles. The number of hydrogen-bond donors (Lipinski definition) is 1. The molecule has 0 aliphatic heterocycles. The van der Waals surface area contributed by atoms with Crippen molar-refractivity contribution in [3.63, 3.8) is 0 Å². The van der Waals surface area contributed by atoms with Crippen LogP contribution in [-0.2, 0) is 4.79 Å². The van der Waals surface area contributed by atoms with E-state index < -0.39 is 5.97 Å². The van der Waals surface area contributed by atoms with Gasteiger partial charge in [-0.15, -0.1) is 0 Å². The van der Waals surface area contributed by atoms with E-state index in [1.165, 1.54) is 13.2 Å². The second-order valence-corrected chi connectivity index (χ2v) is 3.81. The van der Waals surface area contributed by atoms with E-state index in [4.69, 9.17) is 5.11 Å². The third-order valence-electron chi connectivity index (χ3n) is 2.44. The molecular formula is C12H11N3O3. The number of carboxylic acid groups (broad SMARTS) is 1. The van der Waals surface area contributed by atoms with Crippen LogP contribution in [0.3, 0.4) is 0 Å². The number of hydrogen-bond acceptors (Lipinski definition) is 4. The zero-order valence-corrected chi connectivity index (χ0v) is 9.70. The van der Waals surface area contributed by atoms with Crippen molar-refractivity contribution >= 4 is 22.9 Å². The molecule has 0 spiro atoms. The summed E-state index contributed by atoms with van der Waals surface area (Å²) >= 11 is 0. The van der Waals surface area contributed by atoms with Gasteiger partial charge in [0.2, 0.25) is 0 Å². The number of benzene rings is 1. The van der Waals surface area contributed by atoms with Gasteiger partial charge in [0.15, 0.2) is 0 Å². The average molecular weight is 245 g/mol. The highest BCUT2D eigenvalue weighted by molar-refractivity contribution is 5.98. The Morgan fingerprint density at radius 1 is 1.22 bits per heavy atom. The lowest BCUT2D eigenvalue weighted by Crippen LogP contribution is -2.31. The molecule has 0 atom stereocenters. The van der Waals surface area contributed by atoms with Crippen LogP contribution in [0.1, 0.15) is 10.4 Å². The Hall–Kier alpha value is -2.50. The molecule has 1 aromatic carbocycles. The van der Waals surface area contributed by atoms with E-state index >= 15 is 0 Å². The van der Waals surface area contributed by atoms with E-state index in [0.29, 0.717) is 16.6 Å². The molecule has 1 aromatic heterocycles. The maximum atomic E-state index is 11.9. The molecule has 1 N–H and O–H groups in total. The van der Waals surface area contributed by atoms with Crippen molar-refractivity contribution in [2.24, 2.45) is 0 Å². The Balaban J connectivity index is 2.30. The van der Waals surface area contributed by atoms with Gasteiger partial charge < -0.3 is 10.0 Å². The van der Waals surface area contributed by atoms with Crippen molar-refractivity contribution in [1.82, 2.24) is 14.9 Å². The van der Waals surface area contributed by atoms with Crippen LogP contribution in [0.5, 0.6) is 0 Å². The van der Waals surface area contributed by atoms with Crippen molar-refractivity contribution in [2.45, 2.75) is 0 Å². The molecule has 2 rings (SSSR count). The summed E-state index contributed by atoms with van der Waals surface area (Å²) in [6.07, 6.45) is 3.11. The summed E-state index contributed by atoms with van der Waals surface area (Å²) in [5.74, 6) is -1.41. The van der Waals surface area contributed by atoms with Crippen LogP contribution in [0.15, 0.2) is 30.6 Å². The summed E-state index contributed by atoms with van der Waals surface area (Å²) in [4.78, 5) is 31.8. The molecule has 92 valence electrons. The Labute approximate surface area is 103 Å². The highest BCUT2D eigenvalue weighted by atomic mass is 16.4. The third-order valence-corrected chi connectivity index (χ3v) is 2.44. The van der Waals surface area contributed by atoms with Crippen LogP contribution >= 0.6 is 0 Å². The van der Waals surface area contributed by atoms with Crippen molar-refractivity contribution in [3.8, 4) is 0 Å². The largest absolute Gasteiger partial charge is 0.480 e. The first-order chi connectivity index (χ1) is 8.58. The van der Waals surface area contributed by atoms with Crippen LogP contribution in [0.2, 0.25) is 0 Å². The molecule has 0 radical (unpaired) electrons. The van der Waals surface area contributed by atoms with Gasteiger partial charge in [0.05, 0.1) is 11.0 Å². The molecule has 6 heteroatoms. The van der Waals surface area contributed by atoms with Gasteiger partial charge in [-0.05, 0) is 18.2 Å². The second kappa shape index (κ2) is 4.79. The smallest absolute Gasteiger partial charge is 0.323 e. The molecule has 6 nitrogen and oxygen atoms in total. The molecular weight excluding hydrogens is 234 g/mol. The zero-order valence-electron chi connectivity index (χ0n) is 9.70. The number of amides is 1. The first kappa shape index (κ1) is 12.0. The maximum Gasteiger partial charge on any atom is 0.323 e. The topological polar surface area (TPSA) is 83.4 Å². The molecule has 0 saturated heterocycles. The maximum absolute atomic E-state index is 11.9. The monoisotopic (exact) mass is 245 g/mol. The van der Waals surface area contributed by atoms with E-state index in [2.05, 4.69) is 9.97 Å². The summed E-state index contributed by atoms with van der Waals surface area (Å²) in [5.41, 5.74) is 1.69. The Bertz CT molecular complexity index is 612.